The molecule has 0 unspecified atom stereocenters. The Labute approximate surface area is 97.7 Å². The van der Waals surface area contributed by atoms with Crippen LogP contribution >= 0.6 is 31.9 Å². The molecular weight excluding hydrogens is 319 g/mol. The minimum atomic E-state index is -0.550. The van der Waals surface area contributed by atoms with Gasteiger partial charge in [-0.1, -0.05) is 31.9 Å². The molecule has 0 fully saturated rings. The summed E-state index contributed by atoms with van der Waals surface area (Å²) in [6.45, 7) is 0. The summed E-state index contributed by atoms with van der Waals surface area (Å²) in [5.74, 6) is -0.786. The first kappa shape index (κ1) is 11.7. The molecule has 0 aliphatic carbocycles. The lowest BCUT2D eigenvalue weighted by Crippen LogP contribution is -2.04. The first-order chi connectivity index (χ1) is 6.60. The van der Waals surface area contributed by atoms with Crippen LogP contribution in [0.2, 0.25) is 0 Å². The van der Waals surface area contributed by atoms with E-state index in [9.17, 15) is 9.18 Å². The van der Waals surface area contributed by atoms with Gasteiger partial charge in [0.2, 0.25) is 0 Å². The molecule has 0 amide bonds. The highest BCUT2D eigenvalue weighted by Crippen LogP contribution is 2.27. The number of halogens is 3. The predicted octanol–water partition coefficient (Wildman–Crippen LogP) is 3.17. The minimum absolute atomic E-state index is 0.0161. The van der Waals surface area contributed by atoms with Crippen molar-refractivity contribution in [3.63, 3.8) is 0 Å². The van der Waals surface area contributed by atoms with Gasteiger partial charge in [0.05, 0.1) is 18.0 Å². The van der Waals surface area contributed by atoms with Gasteiger partial charge in [-0.05, 0) is 12.1 Å². The van der Waals surface area contributed by atoms with Gasteiger partial charge in [0.1, 0.15) is 0 Å². The van der Waals surface area contributed by atoms with Gasteiger partial charge in [-0.2, -0.15) is 0 Å². The fraction of sp³-hybridized carbons (Fsp3) is 0.222. The highest BCUT2D eigenvalue weighted by atomic mass is 79.9. The molecule has 0 N–H and O–H groups in total. The van der Waals surface area contributed by atoms with Gasteiger partial charge in [0.15, 0.2) is 17.3 Å². The van der Waals surface area contributed by atoms with Crippen molar-refractivity contribution >= 4 is 37.6 Å². The Morgan fingerprint density at radius 2 is 2.21 bits per heavy atom. The van der Waals surface area contributed by atoms with Crippen LogP contribution in [0.25, 0.3) is 0 Å². The summed E-state index contributed by atoms with van der Waals surface area (Å²) in [6, 6.07) is 2.79. The molecule has 0 aliphatic rings. The van der Waals surface area contributed by atoms with Crippen molar-refractivity contribution in [3.05, 3.63) is 28.0 Å². The van der Waals surface area contributed by atoms with E-state index in [0.717, 1.165) is 0 Å². The number of carbonyl (C=O) groups excluding carboxylic acids is 1. The summed E-state index contributed by atoms with van der Waals surface area (Å²) in [6.07, 6.45) is 0. The van der Waals surface area contributed by atoms with Gasteiger partial charge in [0.25, 0.3) is 0 Å². The molecule has 76 valence electrons. The molecule has 14 heavy (non-hydrogen) atoms. The number of carbonyl (C=O) groups is 1. The summed E-state index contributed by atoms with van der Waals surface area (Å²) < 4.78 is 18.6. The number of hydrogen-bond acceptors (Lipinski definition) is 2. The van der Waals surface area contributed by atoms with Gasteiger partial charge < -0.3 is 4.74 Å². The molecule has 0 aromatic heterocycles. The van der Waals surface area contributed by atoms with E-state index >= 15 is 0 Å². The summed E-state index contributed by atoms with van der Waals surface area (Å²) in [7, 11) is 1.33. The van der Waals surface area contributed by atoms with E-state index in [0.29, 0.717) is 4.47 Å². The van der Waals surface area contributed by atoms with Gasteiger partial charge in [0, 0.05) is 4.47 Å². The normalized spacial score (nSPS) is 10.0. The summed E-state index contributed by atoms with van der Waals surface area (Å²) in [5.41, 5.74) is 0.233. The molecule has 1 aromatic rings. The number of ketones is 1. The Bertz CT molecular complexity index is 366. The van der Waals surface area contributed by atoms with E-state index < -0.39 is 5.82 Å². The standard InChI is InChI=1S/C9H7Br2FO2/c1-14-9-6(8(13)4-10)2-5(11)3-7(9)12/h2-3H,4H2,1H3. The lowest BCUT2D eigenvalue weighted by atomic mass is 10.1. The van der Waals surface area contributed by atoms with E-state index in [-0.39, 0.29) is 22.4 Å². The zero-order valence-corrected chi connectivity index (χ0v) is 10.5. The number of alkyl halides is 1. The van der Waals surface area contributed by atoms with E-state index in [1.165, 1.54) is 19.2 Å². The highest BCUT2D eigenvalue weighted by molar-refractivity contribution is 9.10. The second-order valence-corrected chi connectivity index (χ2v) is 4.00. The summed E-state index contributed by atoms with van der Waals surface area (Å²) in [5, 5.41) is 0.138. The quantitative estimate of drug-likeness (QED) is 0.630. The Morgan fingerprint density at radius 1 is 1.57 bits per heavy atom. The third-order valence-corrected chi connectivity index (χ3v) is 2.60. The van der Waals surface area contributed by atoms with Crippen molar-refractivity contribution < 1.29 is 13.9 Å². The smallest absolute Gasteiger partial charge is 0.177 e. The largest absolute Gasteiger partial charge is 0.493 e. The Kier molecular flexibility index (Phi) is 4.07. The molecule has 5 heteroatoms. The molecule has 2 nitrogen and oxygen atoms in total. The van der Waals surface area contributed by atoms with Crippen LogP contribution in [-0.2, 0) is 0 Å². The third kappa shape index (κ3) is 2.33. The SMILES string of the molecule is COc1c(F)cc(Br)cc1C(=O)CBr. The van der Waals surface area contributed by atoms with Crippen LogP contribution in [-0.4, -0.2) is 18.2 Å². The number of Topliss-reactive ketones (excluding diaryl/α,β-unsaturated/α-hetero) is 1. The molecule has 0 bridgehead atoms. The molecule has 1 rings (SSSR count). The molecule has 0 aliphatic heterocycles. The maximum Gasteiger partial charge on any atom is 0.177 e. The van der Waals surface area contributed by atoms with Crippen LogP contribution in [0.15, 0.2) is 16.6 Å². The van der Waals surface area contributed by atoms with Crippen molar-refractivity contribution in [1.82, 2.24) is 0 Å². The van der Waals surface area contributed by atoms with E-state index in [1.54, 1.807) is 0 Å². The summed E-state index contributed by atoms with van der Waals surface area (Å²) in [4.78, 5) is 11.4. The number of ether oxygens (including phenoxy) is 1. The molecule has 1 aromatic carbocycles. The van der Waals surface area contributed by atoms with Crippen LogP contribution in [0.3, 0.4) is 0 Å². The maximum atomic E-state index is 13.3. The topological polar surface area (TPSA) is 26.3 Å². The molecule has 0 heterocycles. The second kappa shape index (κ2) is 4.89. The minimum Gasteiger partial charge on any atom is -0.493 e. The average molecular weight is 326 g/mol. The molecular formula is C9H7Br2FO2. The zero-order valence-electron chi connectivity index (χ0n) is 7.31. The lowest BCUT2D eigenvalue weighted by Gasteiger charge is -2.07. The highest BCUT2D eigenvalue weighted by Gasteiger charge is 2.16. The molecule has 0 atom stereocenters. The number of benzene rings is 1. The lowest BCUT2D eigenvalue weighted by molar-refractivity contribution is 0.102. The number of hydrogen-bond donors (Lipinski definition) is 0. The van der Waals surface area contributed by atoms with Crippen LogP contribution in [0.4, 0.5) is 4.39 Å². The van der Waals surface area contributed by atoms with Crippen LogP contribution < -0.4 is 4.74 Å². The van der Waals surface area contributed by atoms with Crippen molar-refractivity contribution in [3.8, 4) is 5.75 Å². The van der Waals surface area contributed by atoms with Gasteiger partial charge in [-0.15, -0.1) is 0 Å². The van der Waals surface area contributed by atoms with Crippen molar-refractivity contribution in [2.45, 2.75) is 0 Å². The first-order valence-corrected chi connectivity index (χ1v) is 5.63. The second-order valence-electron chi connectivity index (χ2n) is 2.53. The van der Waals surface area contributed by atoms with Crippen molar-refractivity contribution in [1.29, 1.82) is 0 Å². The predicted molar refractivity (Wildman–Crippen MR) is 58.8 cm³/mol. The van der Waals surface area contributed by atoms with Gasteiger partial charge >= 0.3 is 0 Å². The van der Waals surface area contributed by atoms with Crippen LogP contribution in [0.5, 0.6) is 5.75 Å². The Morgan fingerprint density at radius 3 is 2.71 bits per heavy atom. The average Bonchev–Trinajstić information content (AvgIpc) is 2.15. The van der Waals surface area contributed by atoms with E-state index in [2.05, 4.69) is 31.9 Å². The van der Waals surface area contributed by atoms with E-state index in [1.807, 2.05) is 0 Å². The monoisotopic (exact) mass is 324 g/mol. The zero-order chi connectivity index (χ0) is 10.7. The molecule has 0 saturated carbocycles. The Hall–Kier alpha value is -0.420. The Balaban J connectivity index is 3.32. The van der Waals surface area contributed by atoms with Crippen molar-refractivity contribution in [2.24, 2.45) is 0 Å². The van der Waals surface area contributed by atoms with E-state index in [4.69, 9.17) is 4.74 Å². The van der Waals surface area contributed by atoms with Crippen LogP contribution in [0.1, 0.15) is 10.4 Å². The number of rotatable bonds is 3. The fourth-order valence-corrected chi connectivity index (χ4v) is 1.78. The van der Waals surface area contributed by atoms with Crippen LogP contribution in [0, 0.1) is 5.82 Å². The molecule has 0 spiro atoms. The number of methoxy groups -OCH3 is 1. The fourth-order valence-electron chi connectivity index (χ4n) is 1.05. The van der Waals surface area contributed by atoms with Crippen molar-refractivity contribution in [2.75, 3.05) is 12.4 Å². The first-order valence-electron chi connectivity index (χ1n) is 3.72. The summed E-state index contributed by atoms with van der Waals surface area (Å²) >= 11 is 6.13. The molecule has 0 radical (unpaired) electrons. The third-order valence-electron chi connectivity index (χ3n) is 1.63. The maximum absolute atomic E-state index is 13.3. The van der Waals surface area contributed by atoms with Gasteiger partial charge in [-0.25, -0.2) is 4.39 Å². The molecule has 0 saturated heterocycles. The van der Waals surface area contributed by atoms with Gasteiger partial charge in [-0.3, -0.25) is 4.79 Å².